The Bertz CT molecular complexity index is 683. The van der Waals surface area contributed by atoms with Gasteiger partial charge in [-0.25, -0.2) is 4.98 Å². The average Bonchev–Trinajstić information content (AvgIpc) is 3.08. The number of H-pyrrole nitrogens is 2. The van der Waals surface area contributed by atoms with Crippen LogP contribution in [0.2, 0.25) is 0 Å². The van der Waals surface area contributed by atoms with Gasteiger partial charge in [-0.3, -0.25) is 9.89 Å². The van der Waals surface area contributed by atoms with E-state index in [1.165, 1.54) is 5.56 Å². The summed E-state index contributed by atoms with van der Waals surface area (Å²) in [5.74, 6) is 1.78. The summed E-state index contributed by atoms with van der Waals surface area (Å²) in [7, 11) is 0. The molecule has 3 heterocycles. The van der Waals surface area contributed by atoms with Crippen molar-refractivity contribution in [3.8, 4) is 0 Å². The first kappa shape index (κ1) is 16.7. The van der Waals surface area contributed by atoms with Crippen LogP contribution < -0.4 is 0 Å². The molecule has 6 nitrogen and oxygen atoms in total. The molecule has 0 aromatic carbocycles. The fourth-order valence-electron chi connectivity index (χ4n) is 3.50. The zero-order valence-electron chi connectivity index (χ0n) is 15.1. The Labute approximate surface area is 143 Å². The van der Waals surface area contributed by atoms with Crippen LogP contribution in [0.25, 0.3) is 0 Å². The second-order valence-electron chi connectivity index (χ2n) is 6.90. The maximum absolute atomic E-state index is 12.5. The standard InChI is InChI=1S/C18H27N5O/c1-11-12(2)20-18(19-11)15-7-9-23(10-8-15)17(24)6-5-16-13(3)21-22-14(16)4/h15H,5-10H2,1-4H3,(H,19,20)(H,21,22). The number of aromatic nitrogens is 4. The van der Waals surface area contributed by atoms with Crippen molar-refractivity contribution in [1.29, 1.82) is 0 Å². The predicted molar refractivity (Wildman–Crippen MR) is 93.0 cm³/mol. The van der Waals surface area contributed by atoms with Gasteiger partial charge in [0.2, 0.25) is 5.91 Å². The molecular formula is C18H27N5O. The third-order valence-electron chi connectivity index (χ3n) is 5.25. The molecule has 130 valence electrons. The number of amides is 1. The van der Waals surface area contributed by atoms with Gasteiger partial charge in [-0.05, 0) is 52.5 Å². The Kier molecular flexibility index (Phi) is 4.73. The molecule has 1 fully saturated rings. The molecule has 3 rings (SSSR count). The summed E-state index contributed by atoms with van der Waals surface area (Å²) in [5, 5.41) is 7.18. The number of carbonyl (C=O) groups excluding carboxylic acids is 1. The molecule has 24 heavy (non-hydrogen) atoms. The van der Waals surface area contributed by atoms with E-state index in [0.29, 0.717) is 12.3 Å². The number of imidazole rings is 1. The van der Waals surface area contributed by atoms with Crippen molar-refractivity contribution in [1.82, 2.24) is 25.1 Å². The van der Waals surface area contributed by atoms with Crippen molar-refractivity contribution in [3.63, 3.8) is 0 Å². The lowest BCUT2D eigenvalue weighted by Gasteiger charge is -2.31. The van der Waals surface area contributed by atoms with Gasteiger partial charge < -0.3 is 9.88 Å². The van der Waals surface area contributed by atoms with Gasteiger partial charge in [0.15, 0.2) is 0 Å². The van der Waals surface area contributed by atoms with Crippen LogP contribution in [-0.2, 0) is 11.2 Å². The molecule has 1 saturated heterocycles. The third-order valence-corrected chi connectivity index (χ3v) is 5.25. The van der Waals surface area contributed by atoms with Crippen molar-refractivity contribution in [2.75, 3.05) is 13.1 Å². The van der Waals surface area contributed by atoms with Crippen molar-refractivity contribution in [2.24, 2.45) is 0 Å². The van der Waals surface area contributed by atoms with Gasteiger partial charge in [0, 0.05) is 36.8 Å². The minimum Gasteiger partial charge on any atom is -0.346 e. The summed E-state index contributed by atoms with van der Waals surface area (Å²) in [6.45, 7) is 9.75. The number of nitrogens with zero attached hydrogens (tertiary/aromatic N) is 3. The highest BCUT2D eigenvalue weighted by Crippen LogP contribution is 2.27. The summed E-state index contributed by atoms with van der Waals surface area (Å²) in [6, 6.07) is 0. The molecule has 2 N–H and O–H groups in total. The van der Waals surface area contributed by atoms with Crippen molar-refractivity contribution in [2.45, 2.75) is 59.3 Å². The van der Waals surface area contributed by atoms with Crippen LogP contribution in [0.3, 0.4) is 0 Å². The number of piperidine rings is 1. The maximum Gasteiger partial charge on any atom is 0.222 e. The molecule has 1 amide bonds. The molecule has 2 aromatic rings. The van der Waals surface area contributed by atoms with Crippen molar-refractivity contribution in [3.05, 3.63) is 34.2 Å². The predicted octanol–water partition coefficient (Wildman–Crippen LogP) is 2.71. The lowest BCUT2D eigenvalue weighted by molar-refractivity contribution is -0.132. The van der Waals surface area contributed by atoms with E-state index in [-0.39, 0.29) is 5.91 Å². The molecule has 0 unspecified atom stereocenters. The van der Waals surface area contributed by atoms with Gasteiger partial charge >= 0.3 is 0 Å². The number of nitrogens with one attached hydrogen (secondary N) is 2. The summed E-state index contributed by atoms with van der Waals surface area (Å²) < 4.78 is 0. The molecule has 1 aliphatic rings. The van der Waals surface area contributed by atoms with Gasteiger partial charge in [-0.1, -0.05) is 0 Å². The molecule has 0 saturated carbocycles. The van der Waals surface area contributed by atoms with Gasteiger partial charge in [-0.15, -0.1) is 0 Å². The monoisotopic (exact) mass is 329 g/mol. The Balaban J connectivity index is 1.52. The van der Waals surface area contributed by atoms with Crippen LogP contribution in [0.15, 0.2) is 0 Å². The van der Waals surface area contributed by atoms with E-state index < -0.39 is 0 Å². The number of rotatable bonds is 4. The zero-order chi connectivity index (χ0) is 17.3. The topological polar surface area (TPSA) is 77.7 Å². The van der Waals surface area contributed by atoms with E-state index in [4.69, 9.17) is 0 Å². The first-order chi connectivity index (χ1) is 11.5. The number of hydrogen-bond acceptors (Lipinski definition) is 3. The number of likely N-dealkylation sites (tertiary alicyclic amines) is 1. The van der Waals surface area contributed by atoms with Crippen molar-refractivity contribution < 1.29 is 4.79 Å². The Morgan fingerprint density at radius 3 is 2.38 bits per heavy atom. The third kappa shape index (κ3) is 3.37. The second kappa shape index (κ2) is 6.79. The molecule has 6 heteroatoms. The number of hydrogen-bond donors (Lipinski definition) is 2. The normalized spacial score (nSPS) is 15.9. The highest BCUT2D eigenvalue weighted by molar-refractivity contribution is 5.76. The van der Waals surface area contributed by atoms with Crippen LogP contribution in [0.1, 0.15) is 59.3 Å². The summed E-state index contributed by atoms with van der Waals surface area (Å²) in [4.78, 5) is 22.5. The largest absolute Gasteiger partial charge is 0.346 e. The summed E-state index contributed by atoms with van der Waals surface area (Å²) in [6.07, 6.45) is 3.30. The minimum absolute atomic E-state index is 0.250. The van der Waals surface area contributed by atoms with Gasteiger partial charge in [0.25, 0.3) is 0 Å². The highest BCUT2D eigenvalue weighted by Gasteiger charge is 2.25. The molecule has 2 aromatic heterocycles. The van der Waals surface area contributed by atoms with Gasteiger partial charge in [0.05, 0.1) is 11.4 Å². The van der Waals surface area contributed by atoms with E-state index in [1.807, 2.05) is 25.7 Å². The number of aromatic amines is 2. The zero-order valence-corrected chi connectivity index (χ0v) is 15.1. The first-order valence-corrected chi connectivity index (χ1v) is 8.77. The van der Waals surface area contributed by atoms with Crippen LogP contribution in [0.5, 0.6) is 0 Å². The first-order valence-electron chi connectivity index (χ1n) is 8.77. The maximum atomic E-state index is 12.5. The quantitative estimate of drug-likeness (QED) is 0.905. The number of carbonyl (C=O) groups is 1. The fourth-order valence-corrected chi connectivity index (χ4v) is 3.50. The molecule has 0 aliphatic carbocycles. The lowest BCUT2D eigenvalue weighted by atomic mass is 9.95. The van der Waals surface area contributed by atoms with E-state index in [9.17, 15) is 4.79 Å². The Hall–Kier alpha value is -2.11. The fraction of sp³-hybridized carbons (Fsp3) is 0.611. The second-order valence-corrected chi connectivity index (χ2v) is 6.90. The molecular weight excluding hydrogens is 302 g/mol. The van der Waals surface area contributed by atoms with E-state index in [2.05, 4.69) is 27.1 Å². The van der Waals surface area contributed by atoms with Crippen LogP contribution >= 0.6 is 0 Å². The van der Waals surface area contributed by atoms with Crippen LogP contribution in [-0.4, -0.2) is 44.1 Å². The molecule has 1 aliphatic heterocycles. The lowest BCUT2D eigenvalue weighted by Crippen LogP contribution is -2.38. The molecule has 0 bridgehead atoms. The Morgan fingerprint density at radius 2 is 1.83 bits per heavy atom. The minimum atomic E-state index is 0.250. The number of aryl methyl sites for hydroxylation is 4. The molecule has 0 atom stereocenters. The Morgan fingerprint density at radius 1 is 1.12 bits per heavy atom. The van der Waals surface area contributed by atoms with E-state index >= 15 is 0 Å². The van der Waals surface area contributed by atoms with E-state index in [1.54, 1.807) is 0 Å². The highest BCUT2D eigenvalue weighted by atomic mass is 16.2. The molecule has 0 radical (unpaired) electrons. The summed E-state index contributed by atoms with van der Waals surface area (Å²) in [5.41, 5.74) is 5.48. The molecule has 0 spiro atoms. The summed E-state index contributed by atoms with van der Waals surface area (Å²) >= 11 is 0. The van der Waals surface area contributed by atoms with E-state index in [0.717, 1.165) is 61.0 Å². The van der Waals surface area contributed by atoms with Crippen LogP contribution in [0, 0.1) is 27.7 Å². The average molecular weight is 329 g/mol. The van der Waals surface area contributed by atoms with Gasteiger partial charge in [0.1, 0.15) is 5.82 Å². The van der Waals surface area contributed by atoms with Crippen LogP contribution in [0.4, 0.5) is 0 Å². The SMILES string of the molecule is Cc1nc(C2CCN(C(=O)CCc3c(C)n[nH]c3C)CC2)[nH]c1C. The van der Waals surface area contributed by atoms with Gasteiger partial charge in [-0.2, -0.15) is 5.10 Å². The van der Waals surface area contributed by atoms with Crippen molar-refractivity contribution >= 4 is 5.91 Å². The smallest absolute Gasteiger partial charge is 0.222 e.